The first kappa shape index (κ1) is 21.5. The number of carbonyl (C=O) groups is 1. The molecule has 0 unspecified atom stereocenters. The largest absolute Gasteiger partial charge is 0.492 e. The first-order chi connectivity index (χ1) is 15.2. The number of hydrogen-bond acceptors (Lipinski definition) is 7. The lowest BCUT2D eigenvalue weighted by molar-refractivity contribution is 0.0323. The topological polar surface area (TPSA) is 103 Å². The highest BCUT2D eigenvalue weighted by atomic mass is 32.2. The van der Waals surface area contributed by atoms with Gasteiger partial charge in [0.05, 0.1) is 13.2 Å². The SMILES string of the molecule is NSc1ccc(C(=O)Nc2ccc(OCCN3CCOCC3)c3ccccc23)cc1N. The zero-order valence-electron chi connectivity index (χ0n) is 17.2. The van der Waals surface area contributed by atoms with Gasteiger partial charge in [0.2, 0.25) is 0 Å². The fourth-order valence-electron chi connectivity index (χ4n) is 3.61. The Morgan fingerprint density at radius 3 is 2.61 bits per heavy atom. The van der Waals surface area contributed by atoms with Crippen LogP contribution in [0, 0.1) is 0 Å². The number of fused-ring (bicyclic) bond motifs is 1. The zero-order valence-corrected chi connectivity index (χ0v) is 18.0. The van der Waals surface area contributed by atoms with Crippen molar-refractivity contribution in [3.63, 3.8) is 0 Å². The van der Waals surface area contributed by atoms with Gasteiger partial charge in [-0.15, -0.1) is 0 Å². The number of carbonyl (C=O) groups excluding carboxylic acids is 1. The number of amides is 1. The number of nitrogens with zero attached hydrogens (tertiary/aromatic N) is 1. The minimum Gasteiger partial charge on any atom is -0.492 e. The summed E-state index contributed by atoms with van der Waals surface area (Å²) in [6.07, 6.45) is 0. The van der Waals surface area contributed by atoms with Gasteiger partial charge in [0.15, 0.2) is 0 Å². The minimum atomic E-state index is -0.230. The van der Waals surface area contributed by atoms with Crippen molar-refractivity contribution in [2.24, 2.45) is 5.14 Å². The van der Waals surface area contributed by atoms with Crippen molar-refractivity contribution >= 4 is 40.0 Å². The van der Waals surface area contributed by atoms with E-state index in [9.17, 15) is 4.79 Å². The fraction of sp³-hybridized carbons (Fsp3) is 0.261. The number of benzene rings is 3. The molecule has 0 aliphatic carbocycles. The number of nitrogens with two attached hydrogens (primary N) is 2. The van der Waals surface area contributed by atoms with Gasteiger partial charge in [-0.25, -0.2) is 0 Å². The molecule has 1 aliphatic heterocycles. The number of nitrogen functional groups attached to an aromatic ring is 1. The number of hydrogen-bond donors (Lipinski definition) is 3. The van der Waals surface area contributed by atoms with Crippen LogP contribution in [0.15, 0.2) is 59.5 Å². The van der Waals surface area contributed by atoms with E-state index in [0.29, 0.717) is 17.9 Å². The van der Waals surface area contributed by atoms with Crippen molar-refractivity contribution in [3.05, 3.63) is 60.2 Å². The summed E-state index contributed by atoms with van der Waals surface area (Å²) in [6.45, 7) is 4.87. The second-order valence-electron chi connectivity index (χ2n) is 7.28. The van der Waals surface area contributed by atoms with Crippen molar-refractivity contribution in [1.29, 1.82) is 0 Å². The Balaban J connectivity index is 1.49. The lowest BCUT2D eigenvalue weighted by Crippen LogP contribution is -2.38. The van der Waals surface area contributed by atoms with E-state index in [1.807, 2.05) is 36.4 Å². The molecule has 0 aromatic heterocycles. The molecule has 1 saturated heterocycles. The van der Waals surface area contributed by atoms with Crippen LogP contribution < -0.4 is 20.9 Å². The fourth-order valence-corrected chi connectivity index (χ4v) is 3.95. The standard InChI is InChI=1S/C23H26N4O3S/c24-19-15-16(5-8-22(19)31-25)23(28)26-20-6-7-21(18-4-2-1-3-17(18)20)30-14-11-27-9-12-29-13-10-27/h1-8,15H,9-14,24-25H2,(H,26,28). The Hall–Kier alpha value is -2.78. The van der Waals surface area contributed by atoms with Crippen LogP contribution in [0.3, 0.4) is 0 Å². The third-order valence-corrected chi connectivity index (χ3v) is 5.93. The Kier molecular flexibility index (Phi) is 6.93. The zero-order chi connectivity index (χ0) is 21.6. The van der Waals surface area contributed by atoms with Crippen molar-refractivity contribution in [1.82, 2.24) is 4.90 Å². The van der Waals surface area contributed by atoms with Crippen LogP contribution >= 0.6 is 11.9 Å². The van der Waals surface area contributed by atoms with E-state index >= 15 is 0 Å². The van der Waals surface area contributed by atoms with Gasteiger partial charge in [0, 0.05) is 52.2 Å². The molecule has 5 N–H and O–H groups in total. The molecule has 1 amide bonds. The molecular formula is C23H26N4O3S. The molecule has 3 aromatic carbocycles. The Bertz CT molecular complexity index is 1070. The molecule has 1 fully saturated rings. The highest BCUT2D eigenvalue weighted by Crippen LogP contribution is 2.32. The van der Waals surface area contributed by atoms with Gasteiger partial charge in [-0.1, -0.05) is 24.3 Å². The van der Waals surface area contributed by atoms with Gasteiger partial charge in [0.25, 0.3) is 5.91 Å². The highest BCUT2D eigenvalue weighted by molar-refractivity contribution is 7.97. The van der Waals surface area contributed by atoms with Gasteiger partial charge >= 0.3 is 0 Å². The smallest absolute Gasteiger partial charge is 0.255 e. The summed E-state index contributed by atoms with van der Waals surface area (Å²) in [5.74, 6) is 0.571. The summed E-state index contributed by atoms with van der Waals surface area (Å²) in [4.78, 5) is 15.9. The molecule has 1 aliphatic rings. The van der Waals surface area contributed by atoms with Crippen LogP contribution in [0.4, 0.5) is 11.4 Å². The molecule has 31 heavy (non-hydrogen) atoms. The van der Waals surface area contributed by atoms with Crippen LogP contribution in [0.25, 0.3) is 10.8 Å². The molecule has 0 spiro atoms. The molecule has 0 radical (unpaired) electrons. The molecule has 7 nitrogen and oxygen atoms in total. The second-order valence-corrected chi connectivity index (χ2v) is 7.96. The predicted octanol–water partition coefficient (Wildman–Crippen LogP) is 3.35. The number of nitrogens with one attached hydrogen (secondary N) is 1. The van der Waals surface area contributed by atoms with Gasteiger partial charge in [0.1, 0.15) is 12.4 Å². The summed E-state index contributed by atoms with van der Waals surface area (Å²) < 4.78 is 11.5. The van der Waals surface area contributed by atoms with E-state index < -0.39 is 0 Å². The molecule has 162 valence electrons. The normalized spacial score (nSPS) is 14.5. The van der Waals surface area contributed by atoms with E-state index in [1.165, 1.54) is 0 Å². The van der Waals surface area contributed by atoms with Gasteiger partial charge in [-0.2, -0.15) is 0 Å². The van der Waals surface area contributed by atoms with Crippen molar-refractivity contribution in [3.8, 4) is 5.75 Å². The van der Waals surface area contributed by atoms with Gasteiger partial charge < -0.3 is 20.5 Å². The number of rotatable bonds is 7. The van der Waals surface area contributed by atoms with Crippen LogP contribution in [0.5, 0.6) is 5.75 Å². The van der Waals surface area contributed by atoms with Crippen LogP contribution in [0.2, 0.25) is 0 Å². The summed E-state index contributed by atoms with van der Waals surface area (Å²) in [5.41, 5.74) is 7.64. The molecular weight excluding hydrogens is 412 g/mol. The van der Waals surface area contributed by atoms with Gasteiger partial charge in [-0.05, 0) is 42.3 Å². The number of morpholine rings is 1. The summed E-state index contributed by atoms with van der Waals surface area (Å²) in [6, 6.07) is 16.8. The summed E-state index contributed by atoms with van der Waals surface area (Å²) in [5, 5.41) is 10.4. The molecule has 1 heterocycles. The highest BCUT2D eigenvalue weighted by Gasteiger charge is 2.14. The average molecular weight is 439 g/mol. The lowest BCUT2D eigenvalue weighted by Gasteiger charge is -2.26. The Labute approximate surface area is 185 Å². The predicted molar refractivity (Wildman–Crippen MR) is 126 cm³/mol. The van der Waals surface area contributed by atoms with E-state index in [0.717, 1.165) is 71.9 Å². The molecule has 0 bridgehead atoms. The average Bonchev–Trinajstić information content (AvgIpc) is 2.81. The van der Waals surface area contributed by atoms with Crippen molar-refractivity contribution in [2.45, 2.75) is 4.90 Å². The number of anilines is 2. The Morgan fingerprint density at radius 1 is 1.10 bits per heavy atom. The monoisotopic (exact) mass is 438 g/mol. The second kappa shape index (κ2) is 10.0. The maximum Gasteiger partial charge on any atom is 0.255 e. The van der Waals surface area contributed by atoms with Crippen LogP contribution in [-0.4, -0.2) is 50.3 Å². The third kappa shape index (κ3) is 5.11. The first-order valence-corrected chi connectivity index (χ1v) is 11.1. The maximum absolute atomic E-state index is 12.8. The molecule has 0 atom stereocenters. The van der Waals surface area contributed by atoms with E-state index in [1.54, 1.807) is 18.2 Å². The van der Waals surface area contributed by atoms with Crippen LogP contribution in [-0.2, 0) is 4.74 Å². The quantitative estimate of drug-likeness (QED) is 0.384. The third-order valence-electron chi connectivity index (χ3n) is 5.30. The van der Waals surface area contributed by atoms with Crippen molar-refractivity contribution in [2.75, 3.05) is 50.5 Å². The summed E-state index contributed by atoms with van der Waals surface area (Å²) >= 11 is 1.06. The number of ether oxygens (including phenoxy) is 2. The molecule has 0 saturated carbocycles. The lowest BCUT2D eigenvalue weighted by atomic mass is 10.1. The van der Waals surface area contributed by atoms with Gasteiger partial charge in [-0.3, -0.25) is 14.8 Å². The van der Waals surface area contributed by atoms with Crippen LogP contribution in [0.1, 0.15) is 10.4 Å². The molecule has 4 rings (SSSR count). The molecule has 3 aromatic rings. The minimum absolute atomic E-state index is 0.230. The maximum atomic E-state index is 12.8. The van der Waals surface area contributed by atoms with Crippen molar-refractivity contribution < 1.29 is 14.3 Å². The first-order valence-electron chi connectivity index (χ1n) is 10.2. The van der Waals surface area contributed by atoms with E-state index in [-0.39, 0.29) is 5.91 Å². The molecule has 8 heteroatoms. The van der Waals surface area contributed by atoms with E-state index in [4.69, 9.17) is 20.3 Å². The Morgan fingerprint density at radius 2 is 1.87 bits per heavy atom. The summed E-state index contributed by atoms with van der Waals surface area (Å²) in [7, 11) is 0. The van der Waals surface area contributed by atoms with E-state index in [2.05, 4.69) is 10.2 Å².